The van der Waals surface area contributed by atoms with Crippen LogP contribution < -0.4 is 9.47 Å². The van der Waals surface area contributed by atoms with Crippen LogP contribution in [0.1, 0.15) is 29.9 Å². The van der Waals surface area contributed by atoms with Crippen LogP contribution >= 0.6 is 0 Å². The minimum atomic E-state index is -3.63. The van der Waals surface area contributed by atoms with Gasteiger partial charge in [-0.3, -0.25) is 4.98 Å². The van der Waals surface area contributed by atoms with E-state index in [1.165, 1.54) is 30.5 Å². The van der Waals surface area contributed by atoms with Gasteiger partial charge in [0.15, 0.2) is 17.3 Å². The molecule has 1 fully saturated rings. The molecule has 1 aliphatic heterocycles. The lowest BCUT2D eigenvalue weighted by molar-refractivity contribution is -0.286. The summed E-state index contributed by atoms with van der Waals surface area (Å²) in [5.41, 5.74) is 4.35. The number of alkyl halides is 2. The van der Waals surface area contributed by atoms with Crippen molar-refractivity contribution in [2.75, 3.05) is 0 Å². The van der Waals surface area contributed by atoms with E-state index in [4.69, 9.17) is 0 Å². The number of ether oxygens (including phenoxy) is 2. The van der Waals surface area contributed by atoms with Crippen LogP contribution in [0, 0.1) is 6.92 Å². The average molecular weight is 343 g/mol. The fraction of sp³-hybridized carbons (Fsp3) is 0.333. The minimum absolute atomic E-state index is 0.00378. The van der Waals surface area contributed by atoms with Gasteiger partial charge in [-0.15, -0.1) is 8.78 Å². The number of fused-ring (bicyclic) bond motifs is 2. The summed E-state index contributed by atoms with van der Waals surface area (Å²) in [5.74, 6) is 1.33. The first-order chi connectivity index (χ1) is 11.9. The SMILES string of the molecule is Cc1cc(C2CC2)cnc1-c1nc2cc3c(cc2n1C)OC(F)(F)O3. The number of pyridine rings is 1. The molecule has 128 valence electrons. The van der Waals surface area contributed by atoms with Gasteiger partial charge in [0.25, 0.3) is 0 Å². The molecule has 0 atom stereocenters. The molecule has 5 nitrogen and oxygen atoms in total. The quantitative estimate of drug-likeness (QED) is 0.702. The fourth-order valence-electron chi connectivity index (χ4n) is 3.32. The Morgan fingerprint density at radius 2 is 1.88 bits per heavy atom. The number of aryl methyl sites for hydroxylation is 2. The van der Waals surface area contributed by atoms with E-state index in [9.17, 15) is 8.78 Å². The standard InChI is InChI=1S/C18H15F2N3O2/c1-9-5-11(10-3-4-10)8-21-16(9)17-22-12-6-14-15(7-13(12)23(17)2)25-18(19,20)24-14/h5-8,10H,3-4H2,1-2H3. The number of nitrogens with zero attached hydrogens (tertiary/aromatic N) is 3. The van der Waals surface area contributed by atoms with Gasteiger partial charge in [-0.25, -0.2) is 4.98 Å². The predicted octanol–water partition coefficient (Wildman–Crippen LogP) is 4.14. The summed E-state index contributed by atoms with van der Waals surface area (Å²) in [6, 6.07) is 5.16. The third kappa shape index (κ3) is 2.26. The summed E-state index contributed by atoms with van der Waals surface area (Å²) < 4.78 is 37.3. The first kappa shape index (κ1) is 14.6. The summed E-state index contributed by atoms with van der Waals surface area (Å²) in [7, 11) is 1.83. The van der Waals surface area contributed by atoms with E-state index < -0.39 is 6.29 Å². The molecule has 25 heavy (non-hydrogen) atoms. The smallest absolute Gasteiger partial charge is 0.395 e. The molecule has 0 radical (unpaired) electrons. The summed E-state index contributed by atoms with van der Waals surface area (Å²) in [6.07, 6.45) is 0.733. The van der Waals surface area contributed by atoms with Crippen LogP contribution in [0.3, 0.4) is 0 Å². The van der Waals surface area contributed by atoms with Gasteiger partial charge < -0.3 is 14.0 Å². The van der Waals surface area contributed by atoms with Crippen molar-refractivity contribution in [3.05, 3.63) is 35.5 Å². The lowest BCUT2D eigenvalue weighted by Gasteiger charge is -2.07. The molecular weight excluding hydrogens is 328 g/mol. The molecule has 1 saturated carbocycles. The van der Waals surface area contributed by atoms with Crippen LogP contribution in [-0.2, 0) is 7.05 Å². The Hall–Kier alpha value is -2.70. The molecule has 5 rings (SSSR count). The van der Waals surface area contributed by atoms with Gasteiger partial charge in [0.2, 0.25) is 0 Å². The zero-order chi connectivity index (χ0) is 17.3. The maximum atomic E-state index is 13.2. The third-order valence-corrected chi connectivity index (χ3v) is 4.76. The zero-order valence-corrected chi connectivity index (χ0v) is 13.7. The number of halogens is 2. The summed E-state index contributed by atoms with van der Waals surface area (Å²) in [4.78, 5) is 9.18. The normalized spacial score (nSPS) is 18.1. The lowest BCUT2D eigenvalue weighted by Crippen LogP contribution is -2.25. The topological polar surface area (TPSA) is 49.2 Å². The third-order valence-electron chi connectivity index (χ3n) is 4.76. The van der Waals surface area contributed by atoms with Gasteiger partial charge in [0.1, 0.15) is 5.69 Å². The Labute approximate surface area is 142 Å². The van der Waals surface area contributed by atoms with E-state index >= 15 is 0 Å². The molecule has 2 aromatic heterocycles. The van der Waals surface area contributed by atoms with Crippen molar-refractivity contribution in [3.63, 3.8) is 0 Å². The van der Waals surface area contributed by atoms with Gasteiger partial charge in [-0.05, 0) is 36.8 Å². The highest BCUT2D eigenvalue weighted by Crippen LogP contribution is 2.44. The van der Waals surface area contributed by atoms with Crippen molar-refractivity contribution < 1.29 is 18.3 Å². The molecule has 0 N–H and O–H groups in total. The molecule has 3 heterocycles. The molecule has 3 aromatic rings. The van der Waals surface area contributed by atoms with Crippen LogP contribution in [0.15, 0.2) is 24.4 Å². The number of aromatic nitrogens is 3. The summed E-state index contributed by atoms with van der Waals surface area (Å²) in [6.45, 7) is 2.01. The molecule has 0 saturated heterocycles. The van der Waals surface area contributed by atoms with Crippen LogP contribution in [0.2, 0.25) is 0 Å². The van der Waals surface area contributed by atoms with Crippen molar-refractivity contribution in [2.45, 2.75) is 32.0 Å². The molecule has 2 aliphatic rings. The Bertz CT molecular complexity index is 1020. The zero-order valence-electron chi connectivity index (χ0n) is 13.7. The summed E-state index contributed by atoms with van der Waals surface area (Å²) in [5, 5.41) is 0. The van der Waals surface area contributed by atoms with Gasteiger partial charge in [0.05, 0.1) is 11.0 Å². The Morgan fingerprint density at radius 1 is 1.16 bits per heavy atom. The van der Waals surface area contributed by atoms with E-state index in [0.29, 0.717) is 22.8 Å². The number of hydrogen-bond donors (Lipinski definition) is 0. The molecule has 0 bridgehead atoms. The maximum Gasteiger partial charge on any atom is 0.586 e. The van der Waals surface area contributed by atoms with E-state index in [-0.39, 0.29) is 11.5 Å². The maximum absolute atomic E-state index is 13.2. The Kier molecular flexibility index (Phi) is 2.74. The van der Waals surface area contributed by atoms with E-state index in [2.05, 4.69) is 25.5 Å². The van der Waals surface area contributed by atoms with Crippen LogP contribution in [0.4, 0.5) is 8.78 Å². The number of benzene rings is 1. The first-order valence-electron chi connectivity index (χ1n) is 8.14. The monoisotopic (exact) mass is 343 g/mol. The number of imidazole rings is 1. The fourth-order valence-corrected chi connectivity index (χ4v) is 3.32. The number of rotatable bonds is 2. The van der Waals surface area contributed by atoms with Crippen molar-refractivity contribution in [2.24, 2.45) is 7.05 Å². The molecule has 1 aromatic carbocycles. The van der Waals surface area contributed by atoms with E-state index in [0.717, 1.165) is 11.3 Å². The average Bonchev–Trinajstić information content (AvgIpc) is 3.28. The second kappa shape index (κ2) is 4.68. The molecular formula is C18H15F2N3O2. The number of hydrogen-bond acceptors (Lipinski definition) is 4. The Morgan fingerprint density at radius 3 is 2.56 bits per heavy atom. The highest BCUT2D eigenvalue weighted by atomic mass is 19.3. The van der Waals surface area contributed by atoms with Crippen LogP contribution in [0.25, 0.3) is 22.6 Å². The van der Waals surface area contributed by atoms with Crippen LogP contribution in [0.5, 0.6) is 11.5 Å². The van der Waals surface area contributed by atoms with Crippen molar-refractivity contribution in [1.82, 2.24) is 14.5 Å². The molecule has 0 spiro atoms. The highest BCUT2D eigenvalue weighted by Gasteiger charge is 2.43. The van der Waals surface area contributed by atoms with E-state index in [1.54, 1.807) is 0 Å². The summed E-state index contributed by atoms with van der Waals surface area (Å²) >= 11 is 0. The predicted molar refractivity (Wildman–Crippen MR) is 86.9 cm³/mol. The molecule has 1 aliphatic carbocycles. The van der Waals surface area contributed by atoms with Gasteiger partial charge in [-0.1, -0.05) is 6.07 Å². The highest BCUT2D eigenvalue weighted by molar-refractivity contribution is 5.84. The van der Waals surface area contributed by atoms with Gasteiger partial charge in [0, 0.05) is 25.4 Å². The molecule has 0 amide bonds. The van der Waals surface area contributed by atoms with E-state index in [1.807, 2.05) is 24.7 Å². The second-order valence-electron chi connectivity index (χ2n) is 6.66. The Balaban J connectivity index is 1.62. The van der Waals surface area contributed by atoms with Crippen LogP contribution in [-0.4, -0.2) is 20.8 Å². The van der Waals surface area contributed by atoms with Crippen molar-refractivity contribution in [1.29, 1.82) is 0 Å². The molecule has 0 unspecified atom stereocenters. The van der Waals surface area contributed by atoms with Crippen molar-refractivity contribution >= 4 is 11.0 Å². The van der Waals surface area contributed by atoms with Crippen molar-refractivity contribution in [3.8, 4) is 23.0 Å². The second-order valence-corrected chi connectivity index (χ2v) is 6.66. The van der Waals surface area contributed by atoms with Gasteiger partial charge in [-0.2, -0.15) is 0 Å². The van der Waals surface area contributed by atoms with Gasteiger partial charge >= 0.3 is 6.29 Å². The lowest BCUT2D eigenvalue weighted by atomic mass is 10.1. The first-order valence-corrected chi connectivity index (χ1v) is 8.14. The minimum Gasteiger partial charge on any atom is -0.395 e. The largest absolute Gasteiger partial charge is 0.586 e. The molecule has 7 heteroatoms.